The monoisotopic (exact) mass is 542 g/mol. The maximum absolute atomic E-state index is 14.6. The first-order valence-corrected chi connectivity index (χ1v) is 15.3. The number of aliphatic hydroxyl groups is 1. The first-order valence-electron chi connectivity index (χ1n) is 12.9. The lowest BCUT2D eigenvalue weighted by Gasteiger charge is -2.42. The molecule has 1 aromatic carbocycles. The van der Waals surface area contributed by atoms with Gasteiger partial charge in [-0.25, -0.2) is 0 Å². The molecule has 1 aromatic rings. The first kappa shape index (κ1) is 27.4. The Bertz CT molecular complexity index is 758. The summed E-state index contributed by atoms with van der Waals surface area (Å²) in [4.78, 5) is 0. The minimum Gasteiger partial charge on any atom is -0.376 e. The Labute approximate surface area is 209 Å². The van der Waals surface area contributed by atoms with Gasteiger partial charge < -0.3 is 14.2 Å². The van der Waals surface area contributed by atoms with Crippen LogP contribution in [0.25, 0.3) is 0 Å². The second kappa shape index (κ2) is 11.7. The molecule has 188 valence electrons. The summed E-state index contributed by atoms with van der Waals surface area (Å²) in [5.74, 6) is 1.24. The Hall–Kier alpha value is -0.190. The van der Waals surface area contributed by atoms with Crippen LogP contribution in [-0.4, -0.2) is 17.3 Å². The van der Waals surface area contributed by atoms with Gasteiger partial charge in [0, 0.05) is 4.47 Å². The van der Waals surface area contributed by atoms with Crippen molar-refractivity contribution in [3.8, 4) is 0 Å². The zero-order valence-corrected chi connectivity index (χ0v) is 23.7. The highest BCUT2D eigenvalue weighted by atomic mass is 79.9. The number of hydrogen-bond acceptors (Lipinski definition) is 4. The second-order valence-corrected chi connectivity index (χ2v) is 14.3. The van der Waals surface area contributed by atoms with E-state index in [0.717, 1.165) is 30.2 Å². The normalized spacial score (nSPS) is 33.8. The predicted octanol–water partition coefficient (Wildman–Crippen LogP) is 8.59. The van der Waals surface area contributed by atoms with E-state index in [2.05, 4.69) is 57.5 Å². The molecule has 2 fully saturated rings. The molecular weight excluding hydrogens is 499 g/mol. The van der Waals surface area contributed by atoms with Crippen LogP contribution in [0.2, 0.25) is 0 Å². The maximum atomic E-state index is 14.6. The van der Waals surface area contributed by atoms with Gasteiger partial charge in [-0.15, -0.1) is 0 Å². The second-order valence-electron chi connectivity index (χ2n) is 11.4. The van der Waals surface area contributed by atoms with E-state index in [1.165, 1.54) is 12.8 Å². The van der Waals surface area contributed by atoms with Crippen molar-refractivity contribution in [3.05, 3.63) is 34.3 Å². The lowest BCUT2D eigenvalue weighted by molar-refractivity contribution is -0.0153. The third-order valence-corrected chi connectivity index (χ3v) is 10.5. The smallest absolute Gasteiger partial charge is 0.363 e. The SMILES string of the molecule is CC1CCC(C(C)C)C(OP(=O)(OC2CC(C)CCC2C(C)C)C(O)c2ccc(Br)cc2)C1. The molecule has 7 atom stereocenters. The van der Waals surface area contributed by atoms with Gasteiger partial charge in [0.2, 0.25) is 0 Å². The molecule has 0 spiro atoms. The molecule has 2 aliphatic carbocycles. The van der Waals surface area contributed by atoms with E-state index < -0.39 is 13.4 Å². The Morgan fingerprint density at radius 1 is 0.848 bits per heavy atom. The van der Waals surface area contributed by atoms with Crippen molar-refractivity contribution in [1.82, 2.24) is 0 Å². The van der Waals surface area contributed by atoms with E-state index in [1.54, 1.807) is 12.1 Å². The molecule has 7 unspecified atom stereocenters. The molecular formula is C27H44BrO4P. The lowest BCUT2D eigenvalue weighted by Crippen LogP contribution is -2.37. The molecule has 33 heavy (non-hydrogen) atoms. The van der Waals surface area contributed by atoms with Crippen LogP contribution in [0.15, 0.2) is 28.7 Å². The van der Waals surface area contributed by atoms with E-state index in [4.69, 9.17) is 9.05 Å². The highest BCUT2D eigenvalue weighted by Crippen LogP contribution is 2.64. The van der Waals surface area contributed by atoms with Crippen LogP contribution in [0.4, 0.5) is 0 Å². The summed E-state index contributed by atoms with van der Waals surface area (Å²) in [7, 11) is -3.85. The van der Waals surface area contributed by atoms with Gasteiger partial charge in [-0.05, 0) is 78.9 Å². The highest BCUT2D eigenvalue weighted by Gasteiger charge is 2.46. The molecule has 0 saturated heterocycles. The molecule has 2 saturated carbocycles. The average Bonchev–Trinajstić information content (AvgIpc) is 2.73. The number of hydrogen-bond donors (Lipinski definition) is 1. The molecule has 4 nitrogen and oxygen atoms in total. The van der Waals surface area contributed by atoms with Gasteiger partial charge in [0.05, 0.1) is 12.2 Å². The Kier molecular flexibility index (Phi) is 9.71. The molecule has 1 N–H and O–H groups in total. The topological polar surface area (TPSA) is 55.8 Å². The summed E-state index contributed by atoms with van der Waals surface area (Å²) < 4.78 is 28.5. The van der Waals surface area contributed by atoms with Gasteiger partial charge in [0.25, 0.3) is 0 Å². The predicted molar refractivity (Wildman–Crippen MR) is 139 cm³/mol. The van der Waals surface area contributed by atoms with Gasteiger partial charge in [-0.3, -0.25) is 4.57 Å². The van der Waals surface area contributed by atoms with Gasteiger partial charge in [0.1, 0.15) is 0 Å². The molecule has 3 rings (SSSR count). The van der Waals surface area contributed by atoms with E-state index in [9.17, 15) is 9.67 Å². The fraction of sp³-hybridized carbons (Fsp3) is 0.778. The Balaban J connectivity index is 1.94. The van der Waals surface area contributed by atoms with Crippen molar-refractivity contribution in [2.75, 3.05) is 0 Å². The van der Waals surface area contributed by atoms with Crippen molar-refractivity contribution in [3.63, 3.8) is 0 Å². The quantitative estimate of drug-likeness (QED) is 0.334. The standard InChI is InChI=1S/C27H44BrO4P/c1-17(2)23-13-7-19(5)15-25(23)31-33(30,27(29)21-9-11-22(28)12-10-21)32-26-16-20(6)8-14-24(26)18(3)4/h9-12,17-20,23-27,29H,7-8,13-16H2,1-6H3. The van der Waals surface area contributed by atoms with Gasteiger partial charge >= 0.3 is 7.60 Å². The van der Waals surface area contributed by atoms with Crippen LogP contribution in [0.1, 0.15) is 91.5 Å². The number of benzene rings is 1. The Morgan fingerprint density at radius 2 is 1.27 bits per heavy atom. The van der Waals surface area contributed by atoms with Gasteiger partial charge in [-0.2, -0.15) is 0 Å². The van der Waals surface area contributed by atoms with Crippen LogP contribution >= 0.6 is 23.5 Å². The fourth-order valence-electron chi connectivity index (χ4n) is 5.81. The molecule has 0 heterocycles. The zero-order chi connectivity index (χ0) is 24.3. The van der Waals surface area contributed by atoms with Crippen molar-refractivity contribution in [2.45, 2.75) is 98.1 Å². The molecule has 0 aliphatic heterocycles. The minimum atomic E-state index is -3.85. The van der Waals surface area contributed by atoms with E-state index in [-0.39, 0.29) is 12.2 Å². The third-order valence-electron chi connectivity index (χ3n) is 7.95. The van der Waals surface area contributed by atoms with Crippen molar-refractivity contribution in [2.24, 2.45) is 35.5 Å². The number of halogens is 1. The fourth-order valence-corrected chi connectivity index (χ4v) is 8.13. The largest absolute Gasteiger partial charge is 0.376 e. The summed E-state index contributed by atoms with van der Waals surface area (Å²) in [6.45, 7) is 13.3. The van der Waals surface area contributed by atoms with Crippen LogP contribution in [0.5, 0.6) is 0 Å². The van der Waals surface area contributed by atoms with Gasteiger partial charge in [-0.1, -0.05) is 82.4 Å². The van der Waals surface area contributed by atoms with Crippen LogP contribution in [0.3, 0.4) is 0 Å². The summed E-state index contributed by atoms with van der Waals surface area (Å²) in [6, 6.07) is 7.34. The Morgan fingerprint density at radius 3 is 1.67 bits per heavy atom. The number of aliphatic hydroxyl groups excluding tert-OH is 1. The van der Waals surface area contributed by atoms with Crippen LogP contribution < -0.4 is 0 Å². The molecule has 0 radical (unpaired) electrons. The first-order chi connectivity index (χ1) is 15.5. The summed E-state index contributed by atoms with van der Waals surface area (Å²) in [5, 5.41) is 11.4. The van der Waals surface area contributed by atoms with Crippen molar-refractivity contribution < 1.29 is 18.7 Å². The van der Waals surface area contributed by atoms with Crippen molar-refractivity contribution in [1.29, 1.82) is 0 Å². The number of rotatable bonds is 8. The lowest BCUT2D eigenvalue weighted by atomic mass is 9.75. The maximum Gasteiger partial charge on any atom is 0.363 e. The highest BCUT2D eigenvalue weighted by molar-refractivity contribution is 9.10. The van der Waals surface area contributed by atoms with Crippen molar-refractivity contribution >= 4 is 23.5 Å². The van der Waals surface area contributed by atoms with E-state index >= 15 is 0 Å². The summed E-state index contributed by atoms with van der Waals surface area (Å²) in [6.07, 6.45) is 5.85. The molecule has 0 bridgehead atoms. The van der Waals surface area contributed by atoms with Gasteiger partial charge in [0.15, 0.2) is 5.85 Å². The molecule has 2 aliphatic rings. The molecule has 6 heteroatoms. The summed E-state index contributed by atoms with van der Waals surface area (Å²) >= 11 is 3.45. The molecule has 0 amide bonds. The molecule has 0 aromatic heterocycles. The third kappa shape index (κ3) is 6.94. The minimum absolute atomic E-state index is 0.164. The van der Waals surface area contributed by atoms with Crippen LogP contribution in [-0.2, 0) is 13.6 Å². The van der Waals surface area contributed by atoms with Crippen LogP contribution in [0, 0.1) is 35.5 Å². The van der Waals surface area contributed by atoms with E-state index in [0.29, 0.717) is 41.1 Å². The summed E-state index contributed by atoms with van der Waals surface area (Å²) in [5.41, 5.74) is 0.580. The van der Waals surface area contributed by atoms with E-state index in [1.807, 2.05) is 12.1 Å². The average molecular weight is 544 g/mol. The zero-order valence-electron chi connectivity index (χ0n) is 21.2.